The minimum Gasteiger partial charge on any atom is -0.454 e. The summed E-state index contributed by atoms with van der Waals surface area (Å²) in [6.07, 6.45) is 3.05. The fourth-order valence-electron chi connectivity index (χ4n) is 1.99. The van der Waals surface area contributed by atoms with Crippen molar-refractivity contribution in [3.05, 3.63) is 18.2 Å². The van der Waals surface area contributed by atoms with Crippen LogP contribution in [0.5, 0.6) is 11.5 Å². The first-order chi connectivity index (χ1) is 9.11. The van der Waals surface area contributed by atoms with E-state index < -0.39 is 0 Å². The van der Waals surface area contributed by atoms with Crippen LogP contribution in [0.15, 0.2) is 18.2 Å². The lowest BCUT2D eigenvalue weighted by Crippen LogP contribution is -2.09. The van der Waals surface area contributed by atoms with E-state index in [1.807, 2.05) is 32.0 Å². The number of fused-ring (bicyclic) bond motifs is 1. The lowest BCUT2D eigenvalue weighted by atomic mass is 9.89. The Morgan fingerprint density at radius 3 is 2.84 bits per heavy atom. The molecule has 0 aliphatic carbocycles. The zero-order chi connectivity index (χ0) is 13.7. The summed E-state index contributed by atoms with van der Waals surface area (Å²) < 4.78 is 10.6. The van der Waals surface area contributed by atoms with Crippen molar-refractivity contribution in [1.29, 1.82) is 5.26 Å². The molecule has 2 rings (SSSR count). The van der Waals surface area contributed by atoms with Crippen LogP contribution in [0.2, 0.25) is 0 Å². The molecule has 1 heterocycles. The molecule has 4 heteroatoms. The van der Waals surface area contributed by atoms with Crippen molar-refractivity contribution < 1.29 is 9.47 Å². The van der Waals surface area contributed by atoms with Gasteiger partial charge in [0.1, 0.15) is 0 Å². The monoisotopic (exact) mass is 260 g/mol. The van der Waals surface area contributed by atoms with Gasteiger partial charge in [-0.2, -0.15) is 5.26 Å². The van der Waals surface area contributed by atoms with E-state index in [-0.39, 0.29) is 5.41 Å². The van der Waals surface area contributed by atoms with Crippen LogP contribution in [0.4, 0.5) is 5.69 Å². The van der Waals surface area contributed by atoms with E-state index >= 15 is 0 Å². The quantitative estimate of drug-likeness (QED) is 0.795. The van der Waals surface area contributed by atoms with Crippen LogP contribution in [0, 0.1) is 16.7 Å². The van der Waals surface area contributed by atoms with Crippen molar-refractivity contribution in [3.63, 3.8) is 0 Å². The molecule has 4 nitrogen and oxygen atoms in total. The van der Waals surface area contributed by atoms with Crippen LogP contribution >= 0.6 is 0 Å². The molecule has 0 atom stereocenters. The maximum absolute atomic E-state index is 8.93. The van der Waals surface area contributed by atoms with E-state index in [1.165, 1.54) is 0 Å². The lowest BCUT2D eigenvalue weighted by molar-refractivity contribution is 0.174. The molecule has 1 aliphatic heterocycles. The van der Waals surface area contributed by atoms with Gasteiger partial charge in [-0.1, -0.05) is 6.42 Å². The third kappa shape index (κ3) is 3.78. The minimum absolute atomic E-state index is 0.210. The molecule has 0 saturated heterocycles. The van der Waals surface area contributed by atoms with Gasteiger partial charge in [0.05, 0.1) is 11.5 Å². The van der Waals surface area contributed by atoms with Gasteiger partial charge < -0.3 is 14.8 Å². The Morgan fingerprint density at radius 1 is 1.26 bits per heavy atom. The fraction of sp³-hybridized carbons (Fsp3) is 0.533. The Hall–Kier alpha value is -1.89. The number of ether oxygens (including phenoxy) is 2. The van der Waals surface area contributed by atoms with E-state index in [1.54, 1.807) is 0 Å². The summed E-state index contributed by atoms with van der Waals surface area (Å²) in [5.74, 6) is 1.61. The Morgan fingerprint density at radius 2 is 2.05 bits per heavy atom. The molecule has 0 fully saturated rings. The number of nitriles is 1. The van der Waals surface area contributed by atoms with Gasteiger partial charge in [0.25, 0.3) is 0 Å². The van der Waals surface area contributed by atoms with Crippen LogP contribution in [0.1, 0.15) is 33.1 Å². The zero-order valence-corrected chi connectivity index (χ0v) is 11.5. The number of rotatable bonds is 6. The Balaban J connectivity index is 1.71. The number of benzene rings is 1. The highest BCUT2D eigenvalue weighted by Crippen LogP contribution is 2.34. The van der Waals surface area contributed by atoms with Crippen molar-refractivity contribution >= 4 is 5.69 Å². The van der Waals surface area contributed by atoms with Crippen LogP contribution in [0.3, 0.4) is 0 Å². The van der Waals surface area contributed by atoms with E-state index in [2.05, 4.69) is 11.4 Å². The van der Waals surface area contributed by atoms with Crippen LogP contribution in [0.25, 0.3) is 0 Å². The lowest BCUT2D eigenvalue weighted by Gasteiger charge is -2.14. The summed E-state index contributed by atoms with van der Waals surface area (Å²) in [5.41, 5.74) is 0.836. The van der Waals surface area contributed by atoms with E-state index in [0.29, 0.717) is 6.79 Å². The number of nitrogens with zero attached hydrogens (tertiary/aromatic N) is 1. The fourth-order valence-corrected chi connectivity index (χ4v) is 1.99. The van der Waals surface area contributed by atoms with E-state index in [9.17, 15) is 0 Å². The van der Waals surface area contributed by atoms with E-state index in [4.69, 9.17) is 14.7 Å². The Kier molecular flexibility index (Phi) is 4.16. The molecule has 0 spiro atoms. The Labute approximate surface area is 114 Å². The van der Waals surface area contributed by atoms with Crippen molar-refractivity contribution in [2.75, 3.05) is 18.7 Å². The molecule has 0 amide bonds. The number of hydrogen-bond acceptors (Lipinski definition) is 4. The molecule has 1 aromatic rings. The molecule has 1 N–H and O–H groups in total. The highest BCUT2D eigenvalue weighted by molar-refractivity contribution is 5.55. The van der Waals surface area contributed by atoms with Crippen molar-refractivity contribution in [2.24, 2.45) is 5.41 Å². The second kappa shape index (κ2) is 5.83. The van der Waals surface area contributed by atoms with Crippen LogP contribution in [-0.2, 0) is 0 Å². The molecule has 0 bridgehead atoms. The SMILES string of the molecule is CC(C)(C#N)CCCCNc1ccc2c(c1)OCO2. The maximum atomic E-state index is 8.93. The topological polar surface area (TPSA) is 54.3 Å². The van der Waals surface area contributed by atoms with Gasteiger partial charge in [0.2, 0.25) is 6.79 Å². The largest absolute Gasteiger partial charge is 0.454 e. The molecule has 102 valence electrons. The first kappa shape index (κ1) is 13.5. The average molecular weight is 260 g/mol. The summed E-state index contributed by atoms with van der Waals surface area (Å²) in [5, 5.41) is 12.3. The number of hydrogen-bond donors (Lipinski definition) is 1. The van der Waals surface area contributed by atoms with Gasteiger partial charge >= 0.3 is 0 Å². The highest BCUT2D eigenvalue weighted by atomic mass is 16.7. The summed E-state index contributed by atoms with van der Waals surface area (Å²) >= 11 is 0. The molecular formula is C15H20N2O2. The standard InChI is InChI=1S/C15H20N2O2/c1-15(2,10-16)7-3-4-8-17-12-5-6-13-14(9-12)19-11-18-13/h5-6,9,17H,3-4,7-8,11H2,1-2H3. The predicted molar refractivity (Wildman–Crippen MR) is 74.3 cm³/mol. The van der Waals surface area contributed by atoms with Crippen molar-refractivity contribution in [2.45, 2.75) is 33.1 Å². The van der Waals surface area contributed by atoms with Gasteiger partial charge in [-0.25, -0.2) is 0 Å². The third-order valence-electron chi connectivity index (χ3n) is 3.23. The van der Waals surface area contributed by atoms with Crippen LogP contribution in [-0.4, -0.2) is 13.3 Å². The molecule has 1 aromatic carbocycles. The molecule has 0 unspecified atom stereocenters. The summed E-state index contributed by atoms with van der Waals surface area (Å²) in [6.45, 7) is 5.18. The van der Waals surface area contributed by atoms with Crippen molar-refractivity contribution in [3.8, 4) is 17.6 Å². The predicted octanol–water partition coefficient (Wildman–Crippen LogP) is 3.55. The van der Waals surface area contributed by atoms with Crippen LogP contribution < -0.4 is 14.8 Å². The number of unbranched alkanes of at least 4 members (excludes halogenated alkanes) is 1. The summed E-state index contributed by atoms with van der Waals surface area (Å²) in [7, 11) is 0. The normalized spacial score (nSPS) is 13.1. The van der Waals surface area contributed by atoms with Gasteiger partial charge in [0.15, 0.2) is 11.5 Å². The molecule has 0 saturated carbocycles. The summed E-state index contributed by atoms with van der Waals surface area (Å²) in [6, 6.07) is 8.20. The molecule has 0 aromatic heterocycles. The van der Waals surface area contributed by atoms with Gasteiger partial charge in [-0.3, -0.25) is 0 Å². The number of anilines is 1. The number of nitrogens with one attached hydrogen (secondary N) is 1. The first-order valence-corrected chi connectivity index (χ1v) is 6.65. The van der Waals surface area contributed by atoms with Gasteiger partial charge in [0, 0.05) is 18.3 Å². The maximum Gasteiger partial charge on any atom is 0.231 e. The third-order valence-corrected chi connectivity index (χ3v) is 3.23. The second-order valence-electron chi connectivity index (χ2n) is 5.45. The Bertz CT molecular complexity index is 478. The molecule has 0 radical (unpaired) electrons. The second-order valence-corrected chi connectivity index (χ2v) is 5.45. The first-order valence-electron chi connectivity index (χ1n) is 6.65. The zero-order valence-electron chi connectivity index (χ0n) is 11.5. The summed E-state index contributed by atoms with van der Waals surface area (Å²) in [4.78, 5) is 0. The highest BCUT2D eigenvalue weighted by Gasteiger charge is 2.15. The van der Waals surface area contributed by atoms with E-state index in [0.717, 1.165) is 43.0 Å². The average Bonchev–Trinajstić information content (AvgIpc) is 2.85. The van der Waals surface area contributed by atoms with Crippen molar-refractivity contribution in [1.82, 2.24) is 0 Å². The van der Waals surface area contributed by atoms with Gasteiger partial charge in [-0.15, -0.1) is 0 Å². The molecule has 1 aliphatic rings. The molecular weight excluding hydrogens is 240 g/mol. The smallest absolute Gasteiger partial charge is 0.231 e. The molecule has 19 heavy (non-hydrogen) atoms. The van der Waals surface area contributed by atoms with Gasteiger partial charge in [-0.05, 0) is 38.8 Å². The minimum atomic E-state index is -0.210.